The fourth-order valence-corrected chi connectivity index (χ4v) is 3.32. The third kappa shape index (κ3) is 3.74. The molecule has 2 heterocycles. The molecular weight excluding hydrogens is 340 g/mol. The lowest BCUT2D eigenvalue weighted by atomic mass is 9.88. The molecule has 5 nitrogen and oxygen atoms in total. The highest BCUT2D eigenvalue weighted by molar-refractivity contribution is 6.32. The molecule has 2 aliphatic rings. The van der Waals surface area contributed by atoms with Gasteiger partial charge in [-0.1, -0.05) is 17.7 Å². The van der Waals surface area contributed by atoms with Crippen molar-refractivity contribution in [3.8, 4) is 11.8 Å². The molecular formula is C19H21ClN2O3. The van der Waals surface area contributed by atoms with Crippen molar-refractivity contribution in [1.82, 2.24) is 4.90 Å². The maximum atomic E-state index is 12.2. The Balaban J connectivity index is 1.72. The van der Waals surface area contributed by atoms with E-state index in [1.165, 1.54) is 0 Å². The van der Waals surface area contributed by atoms with E-state index in [-0.39, 0.29) is 6.09 Å². The van der Waals surface area contributed by atoms with Gasteiger partial charge in [-0.25, -0.2) is 4.79 Å². The Morgan fingerprint density at radius 3 is 2.64 bits per heavy atom. The smallest absolute Gasteiger partial charge is 0.410 e. The van der Waals surface area contributed by atoms with Crippen LogP contribution in [0, 0.1) is 11.3 Å². The molecule has 1 spiro atoms. The molecule has 1 saturated heterocycles. The first kappa shape index (κ1) is 17.6. The maximum Gasteiger partial charge on any atom is 0.410 e. The molecule has 0 aromatic heterocycles. The Hall–Kier alpha value is -2.19. The number of piperidine rings is 1. The third-order valence-electron chi connectivity index (χ3n) is 4.33. The molecule has 0 saturated carbocycles. The number of likely N-dealkylation sites (tertiary alicyclic amines) is 1. The first-order valence-electron chi connectivity index (χ1n) is 8.31. The molecule has 1 amide bonds. The van der Waals surface area contributed by atoms with E-state index in [1.807, 2.05) is 32.9 Å². The highest BCUT2D eigenvalue weighted by Crippen LogP contribution is 2.41. The quantitative estimate of drug-likeness (QED) is 0.688. The van der Waals surface area contributed by atoms with Gasteiger partial charge in [0.05, 0.1) is 16.7 Å². The fourth-order valence-electron chi connectivity index (χ4n) is 3.05. The lowest BCUT2D eigenvalue weighted by Gasteiger charge is -2.42. The molecule has 0 unspecified atom stereocenters. The number of hydrogen-bond acceptors (Lipinski definition) is 4. The van der Waals surface area contributed by atoms with E-state index < -0.39 is 11.2 Å². The number of nitriles is 1. The van der Waals surface area contributed by atoms with Gasteiger partial charge in [0.15, 0.2) is 0 Å². The topological polar surface area (TPSA) is 62.6 Å². The molecule has 0 bridgehead atoms. The normalized spacial score (nSPS) is 18.3. The van der Waals surface area contributed by atoms with Crippen LogP contribution in [-0.2, 0) is 4.74 Å². The number of fused-ring (bicyclic) bond motifs is 1. The Labute approximate surface area is 152 Å². The number of halogens is 1. The molecule has 0 aliphatic carbocycles. The van der Waals surface area contributed by atoms with Crippen molar-refractivity contribution in [2.24, 2.45) is 0 Å². The predicted molar refractivity (Wildman–Crippen MR) is 95.6 cm³/mol. The summed E-state index contributed by atoms with van der Waals surface area (Å²) >= 11 is 6.29. The summed E-state index contributed by atoms with van der Waals surface area (Å²) in [5.74, 6) is 0.605. The Kier molecular flexibility index (Phi) is 4.42. The van der Waals surface area contributed by atoms with Crippen molar-refractivity contribution in [1.29, 1.82) is 5.26 Å². The van der Waals surface area contributed by atoms with E-state index >= 15 is 0 Å². The summed E-state index contributed by atoms with van der Waals surface area (Å²) in [5.41, 5.74) is 0.346. The van der Waals surface area contributed by atoms with E-state index in [1.54, 1.807) is 17.0 Å². The highest BCUT2D eigenvalue weighted by atomic mass is 35.5. The van der Waals surface area contributed by atoms with Crippen LogP contribution in [0.15, 0.2) is 18.2 Å². The molecule has 6 heteroatoms. The second kappa shape index (κ2) is 6.27. The molecule has 0 radical (unpaired) electrons. The van der Waals surface area contributed by atoms with Crippen molar-refractivity contribution >= 4 is 23.8 Å². The van der Waals surface area contributed by atoms with Gasteiger partial charge in [-0.2, -0.15) is 5.26 Å². The average Bonchev–Trinajstić information content (AvgIpc) is 2.54. The van der Waals surface area contributed by atoms with E-state index in [0.717, 1.165) is 5.56 Å². The van der Waals surface area contributed by atoms with Gasteiger partial charge in [-0.05, 0) is 39.0 Å². The molecule has 25 heavy (non-hydrogen) atoms. The zero-order valence-corrected chi connectivity index (χ0v) is 15.4. The van der Waals surface area contributed by atoms with E-state index in [4.69, 9.17) is 26.3 Å². The Morgan fingerprint density at radius 1 is 1.36 bits per heavy atom. The van der Waals surface area contributed by atoms with Crippen molar-refractivity contribution in [3.63, 3.8) is 0 Å². The number of amides is 1. The second-order valence-electron chi connectivity index (χ2n) is 7.46. The summed E-state index contributed by atoms with van der Waals surface area (Å²) in [7, 11) is 0. The number of nitrogens with zero attached hydrogens (tertiary/aromatic N) is 2. The standard InChI is InChI=1S/C19H21ClN2O3/c1-18(2,3)25-17(23)22-8-6-19(7-9-22)5-4-14-10-13(12-21)11-15(20)16(14)24-19/h4-5,10-11H,6-9H2,1-3H3. The third-order valence-corrected chi connectivity index (χ3v) is 4.62. The van der Waals surface area contributed by atoms with Gasteiger partial charge in [0.2, 0.25) is 0 Å². The first-order valence-corrected chi connectivity index (χ1v) is 8.69. The van der Waals surface area contributed by atoms with Crippen LogP contribution in [-0.4, -0.2) is 35.3 Å². The maximum absolute atomic E-state index is 12.2. The van der Waals surface area contributed by atoms with Crippen LogP contribution in [0.3, 0.4) is 0 Å². The minimum Gasteiger partial charge on any atom is -0.481 e. The fraction of sp³-hybridized carbons (Fsp3) is 0.474. The summed E-state index contributed by atoms with van der Waals surface area (Å²) < 4.78 is 11.6. The van der Waals surface area contributed by atoms with Gasteiger partial charge in [0.1, 0.15) is 17.0 Å². The molecule has 1 fully saturated rings. The number of hydrogen-bond donors (Lipinski definition) is 0. The SMILES string of the molecule is CC(C)(C)OC(=O)N1CCC2(C=Cc3cc(C#N)cc(Cl)c3O2)CC1. The Morgan fingerprint density at radius 2 is 2.04 bits per heavy atom. The zero-order chi connectivity index (χ0) is 18.2. The number of rotatable bonds is 0. The number of carbonyl (C=O) groups excluding carboxylic acids is 1. The predicted octanol–water partition coefficient (Wildman–Crippen LogP) is 4.39. The van der Waals surface area contributed by atoms with E-state index in [9.17, 15) is 4.79 Å². The average molecular weight is 361 g/mol. The minimum atomic E-state index is -0.502. The van der Waals surface area contributed by atoms with Crippen LogP contribution in [0.1, 0.15) is 44.7 Å². The Bertz CT molecular complexity index is 766. The number of ether oxygens (including phenoxy) is 2. The van der Waals surface area contributed by atoms with Gasteiger partial charge in [-0.15, -0.1) is 0 Å². The molecule has 0 atom stereocenters. The largest absolute Gasteiger partial charge is 0.481 e. The molecule has 0 N–H and O–H groups in total. The molecule has 1 aromatic carbocycles. The monoisotopic (exact) mass is 360 g/mol. The van der Waals surface area contributed by atoms with Crippen molar-refractivity contribution < 1.29 is 14.3 Å². The van der Waals surface area contributed by atoms with Crippen LogP contribution in [0.2, 0.25) is 5.02 Å². The summed E-state index contributed by atoms with van der Waals surface area (Å²) in [6.45, 7) is 6.69. The van der Waals surface area contributed by atoms with Gasteiger partial charge >= 0.3 is 6.09 Å². The number of benzene rings is 1. The molecule has 2 aliphatic heterocycles. The van der Waals surface area contributed by atoms with Crippen molar-refractivity contribution in [3.05, 3.63) is 34.4 Å². The van der Waals surface area contributed by atoms with Crippen LogP contribution in [0.4, 0.5) is 4.79 Å². The van der Waals surface area contributed by atoms with Gasteiger partial charge in [0.25, 0.3) is 0 Å². The van der Waals surface area contributed by atoms with Crippen LogP contribution in [0.25, 0.3) is 6.08 Å². The summed E-state index contributed by atoms with van der Waals surface area (Å²) in [4.78, 5) is 13.9. The summed E-state index contributed by atoms with van der Waals surface area (Å²) in [5, 5.41) is 9.48. The van der Waals surface area contributed by atoms with Crippen LogP contribution in [0.5, 0.6) is 5.75 Å². The van der Waals surface area contributed by atoms with E-state index in [2.05, 4.69) is 6.07 Å². The second-order valence-corrected chi connectivity index (χ2v) is 7.86. The summed E-state index contributed by atoms with van der Waals surface area (Å²) in [6.07, 6.45) is 5.00. The summed E-state index contributed by atoms with van der Waals surface area (Å²) in [6, 6.07) is 5.47. The lowest BCUT2D eigenvalue weighted by Crippen LogP contribution is -2.50. The highest BCUT2D eigenvalue weighted by Gasteiger charge is 2.39. The molecule has 1 aromatic rings. The lowest BCUT2D eigenvalue weighted by molar-refractivity contribution is -0.000998. The number of carbonyl (C=O) groups is 1. The van der Waals surface area contributed by atoms with Gasteiger partial charge in [-0.3, -0.25) is 0 Å². The minimum absolute atomic E-state index is 0.292. The van der Waals surface area contributed by atoms with Crippen molar-refractivity contribution in [2.45, 2.75) is 44.8 Å². The van der Waals surface area contributed by atoms with Gasteiger partial charge < -0.3 is 14.4 Å². The van der Waals surface area contributed by atoms with Crippen LogP contribution < -0.4 is 4.74 Å². The van der Waals surface area contributed by atoms with Gasteiger partial charge in [0, 0.05) is 31.5 Å². The zero-order valence-electron chi connectivity index (χ0n) is 14.6. The molecule has 3 rings (SSSR count). The van der Waals surface area contributed by atoms with E-state index in [0.29, 0.717) is 42.3 Å². The molecule has 132 valence electrons. The van der Waals surface area contributed by atoms with Crippen molar-refractivity contribution in [2.75, 3.05) is 13.1 Å². The first-order chi connectivity index (χ1) is 11.7. The van der Waals surface area contributed by atoms with Crippen LogP contribution >= 0.6 is 11.6 Å².